The Morgan fingerprint density at radius 1 is 1.03 bits per heavy atom. The summed E-state index contributed by atoms with van der Waals surface area (Å²) in [5, 5.41) is 9.33. The van der Waals surface area contributed by atoms with E-state index in [4.69, 9.17) is 4.74 Å². The van der Waals surface area contributed by atoms with E-state index >= 15 is 0 Å². The third-order valence-electron chi connectivity index (χ3n) is 7.86. The number of rotatable bonds is 6. The quantitative estimate of drug-likeness (QED) is 0.457. The molecule has 4 aliphatic rings. The third kappa shape index (κ3) is 4.33. The Hall–Kier alpha value is -2.19. The van der Waals surface area contributed by atoms with Crippen LogP contribution < -0.4 is 0 Å². The maximum absolute atomic E-state index is 14.4. The average molecular weight is 488 g/mol. The van der Waals surface area contributed by atoms with Crippen molar-refractivity contribution in [2.24, 2.45) is 17.3 Å². The highest BCUT2D eigenvalue weighted by Gasteiger charge is 2.72. The lowest BCUT2D eigenvalue weighted by atomic mass is 9.77. The molecule has 1 spiro atoms. The molecular weight excluding hydrogens is 446 g/mol. The highest BCUT2D eigenvalue weighted by atomic mass is 16.5. The molecule has 0 aromatic heterocycles. The lowest BCUT2D eigenvalue weighted by Crippen LogP contribution is -2.60. The minimum absolute atomic E-state index is 0.00514. The van der Waals surface area contributed by atoms with Crippen molar-refractivity contribution < 1.29 is 24.2 Å². The van der Waals surface area contributed by atoms with E-state index in [1.165, 1.54) is 0 Å². The number of hydrogen-bond donors (Lipinski definition) is 1. The second kappa shape index (κ2) is 9.04. The van der Waals surface area contributed by atoms with Crippen LogP contribution in [0.4, 0.5) is 0 Å². The Balaban J connectivity index is 1.78. The zero-order chi connectivity index (χ0) is 25.8. The zero-order valence-electron chi connectivity index (χ0n) is 22.0. The molecule has 1 unspecified atom stereocenters. The van der Waals surface area contributed by atoms with E-state index in [1.54, 1.807) is 16.8 Å². The summed E-state index contributed by atoms with van der Waals surface area (Å²) in [7, 11) is 1.74. The van der Waals surface area contributed by atoms with Gasteiger partial charge in [-0.25, -0.2) is 0 Å². The van der Waals surface area contributed by atoms with Crippen molar-refractivity contribution in [3.8, 4) is 0 Å². The van der Waals surface area contributed by atoms with E-state index < -0.39 is 35.1 Å². The minimum Gasteiger partial charge on any atom is -0.396 e. The van der Waals surface area contributed by atoms with Gasteiger partial charge in [0, 0.05) is 38.8 Å². The van der Waals surface area contributed by atoms with Gasteiger partial charge in [0.15, 0.2) is 0 Å². The fourth-order valence-corrected chi connectivity index (χ4v) is 6.84. The number of ether oxygens (including phenoxy) is 1. The third-order valence-corrected chi connectivity index (χ3v) is 7.86. The molecule has 1 N–H and O–H groups in total. The predicted molar refractivity (Wildman–Crippen MR) is 132 cm³/mol. The monoisotopic (exact) mass is 487 g/mol. The lowest BCUT2D eigenvalue weighted by molar-refractivity contribution is -0.152. The normalized spacial score (nSPS) is 33.1. The first-order valence-electron chi connectivity index (χ1n) is 12.8. The van der Waals surface area contributed by atoms with Crippen LogP contribution in [-0.2, 0) is 19.1 Å². The fourth-order valence-electron chi connectivity index (χ4n) is 6.84. The predicted octanol–water partition coefficient (Wildman–Crippen LogP) is 1.98. The molecule has 4 heterocycles. The summed E-state index contributed by atoms with van der Waals surface area (Å²) in [6, 6.07) is -0.838. The fraction of sp³-hybridized carbons (Fsp3) is 0.741. The highest BCUT2D eigenvalue weighted by Crippen LogP contribution is 2.54. The van der Waals surface area contributed by atoms with E-state index in [0.29, 0.717) is 32.5 Å². The number of hydrogen-bond acceptors (Lipinski definition) is 5. The van der Waals surface area contributed by atoms with E-state index in [-0.39, 0.29) is 29.7 Å². The number of likely N-dealkylation sites (N-methyl/N-ethyl adjacent to an activating group) is 1. The maximum Gasteiger partial charge on any atom is 0.249 e. The molecule has 0 saturated carbocycles. The molecule has 0 aromatic carbocycles. The van der Waals surface area contributed by atoms with E-state index in [0.717, 1.165) is 6.42 Å². The summed E-state index contributed by atoms with van der Waals surface area (Å²) in [4.78, 5) is 46.9. The number of carbonyl (C=O) groups excluding carboxylic acids is 3. The van der Waals surface area contributed by atoms with Crippen molar-refractivity contribution in [3.63, 3.8) is 0 Å². The summed E-state index contributed by atoms with van der Waals surface area (Å²) in [6.07, 6.45) is 8.98. The summed E-state index contributed by atoms with van der Waals surface area (Å²) < 4.78 is 6.62. The van der Waals surface area contributed by atoms with E-state index in [1.807, 2.05) is 29.2 Å². The second-order valence-corrected chi connectivity index (χ2v) is 12.4. The molecule has 2 saturated heterocycles. The molecule has 8 heteroatoms. The molecule has 4 rings (SSSR count). The number of amides is 3. The van der Waals surface area contributed by atoms with Gasteiger partial charge in [-0.2, -0.15) is 0 Å². The van der Waals surface area contributed by atoms with Gasteiger partial charge in [-0.1, -0.05) is 45.1 Å². The molecule has 8 nitrogen and oxygen atoms in total. The lowest BCUT2D eigenvalue weighted by Gasteiger charge is -2.44. The molecule has 0 bridgehead atoms. The largest absolute Gasteiger partial charge is 0.396 e. The van der Waals surface area contributed by atoms with Crippen molar-refractivity contribution >= 4 is 17.7 Å². The van der Waals surface area contributed by atoms with Gasteiger partial charge in [0.2, 0.25) is 17.7 Å². The molecule has 35 heavy (non-hydrogen) atoms. The number of nitrogens with zero attached hydrogens (tertiary/aromatic N) is 3. The molecule has 5 atom stereocenters. The van der Waals surface area contributed by atoms with Crippen LogP contribution >= 0.6 is 0 Å². The topological polar surface area (TPSA) is 90.4 Å². The second-order valence-electron chi connectivity index (χ2n) is 12.4. The van der Waals surface area contributed by atoms with Gasteiger partial charge < -0.3 is 24.5 Å². The highest BCUT2D eigenvalue weighted by molar-refractivity contribution is 6.00. The average Bonchev–Trinajstić information content (AvgIpc) is 3.05. The SMILES string of the molecule is CN1CC=C[C@H]2O[C@]34C=CCN(C(C)(C)CC(C)(C)C)C(=O)C3N(CCCCO)C(=O)[C@@H]4[C@H]2C1=O. The van der Waals surface area contributed by atoms with E-state index in [9.17, 15) is 19.5 Å². The Bertz CT molecular complexity index is 936. The van der Waals surface area contributed by atoms with Crippen molar-refractivity contribution in [3.05, 3.63) is 24.3 Å². The van der Waals surface area contributed by atoms with Gasteiger partial charge in [0.25, 0.3) is 0 Å². The van der Waals surface area contributed by atoms with Crippen LogP contribution in [0.1, 0.15) is 53.9 Å². The maximum atomic E-state index is 14.4. The Morgan fingerprint density at radius 3 is 2.40 bits per heavy atom. The van der Waals surface area contributed by atoms with Crippen LogP contribution in [0.2, 0.25) is 0 Å². The van der Waals surface area contributed by atoms with Gasteiger partial charge in [-0.15, -0.1) is 0 Å². The molecule has 194 valence electrons. The molecule has 4 aliphatic heterocycles. The number of aliphatic hydroxyl groups is 1. The van der Waals surface area contributed by atoms with Gasteiger partial charge in [0.1, 0.15) is 11.6 Å². The number of carbonyl (C=O) groups is 3. The van der Waals surface area contributed by atoms with Crippen molar-refractivity contribution in [1.29, 1.82) is 0 Å². The van der Waals surface area contributed by atoms with Crippen molar-refractivity contribution in [2.75, 3.05) is 33.3 Å². The van der Waals surface area contributed by atoms with Crippen LogP contribution in [-0.4, -0.2) is 94.1 Å². The molecule has 0 aromatic rings. The van der Waals surface area contributed by atoms with Crippen LogP contribution in [0.15, 0.2) is 24.3 Å². The standard InChI is InChI=1S/C27H41N3O5/c1-25(2,3)17-26(4,5)30-15-10-12-27-20(19-18(35-27)11-9-13-28(6)22(19)32)23(33)29(14-7-8-16-31)21(27)24(30)34/h9-12,18-21,31H,7-8,13-17H2,1-6H3/t18-,19+,20+,21?,27+/m1/s1. The molecule has 2 fully saturated rings. The van der Waals surface area contributed by atoms with Gasteiger partial charge in [-0.3, -0.25) is 14.4 Å². The Morgan fingerprint density at radius 2 is 1.74 bits per heavy atom. The summed E-state index contributed by atoms with van der Waals surface area (Å²) in [6.45, 7) is 11.9. The van der Waals surface area contributed by atoms with Gasteiger partial charge in [0.05, 0.1) is 17.9 Å². The number of unbranched alkanes of at least 4 members (excludes halogenated alkanes) is 1. The number of aliphatic hydroxyl groups excluding tert-OH is 1. The summed E-state index contributed by atoms with van der Waals surface area (Å²) in [5.41, 5.74) is -1.62. The summed E-state index contributed by atoms with van der Waals surface area (Å²) >= 11 is 0. The zero-order valence-corrected chi connectivity index (χ0v) is 22.0. The summed E-state index contributed by atoms with van der Waals surface area (Å²) in [5.74, 6) is -1.88. The van der Waals surface area contributed by atoms with Crippen LogP contribution in [0.5, 0.6) is 0 Å². The van der Waals surface area contributed by atoms with Gasteiger partial charge in [-0.05, 0) is 38.5 Å². The number of fused-ring (bicyclic) bond motifs is 2. The molecule has 0 radical (unpaired) electrons. The van der Waals surface area contributed by atoms with Crippen molar-refractivity contribution in [1.82, 2.24) is 14.7 Å². The van der Waals surface area contributed by atoms with Crippen LogP contribution in [0.25, 0.3) is 0 Å². The minimum atomic E-state index is -1.19. The molecule has 0 aliphatic carbocycles. The Labute approximate surface area is 208 Å². The Kier molecular flexibility index (Phi) is 6.68. The number of likely N-dealkylation sites (tertiary alicyclic amines) is 1. The molecular formula is C27H41N3O5. The first-order valence-corrected chi connectivity index (χ1v) is 12.8. The molecule has 3 amide bonds. The first kappa shape index (κ1) is 25.9. The van der Waals surface area contributed by atoms with Crippen LogP contribution in [0, 0.1) is 17.3 Å². The van der Waals surface area contributed by atoms with E-state index in [2.05, 4.69) is 34.6 Å². The van der Waals surface area contributed by atoms with Crippen molar-refractivity contribution in [2.45, 2.75) is 77.2 Å². The smallest absolute Gasteiger partial charge is 0.249 e. The first-order chi connectivity index (χ1) is 16.3. The van der Waals surface area contributed by atoms with Crippen LogP contribution in [0.3, 0.4) is 0 Å². The van der Waals surface area contributed by atoms with Gasteiger partial charge >= 0.3 is 0 Å².